The number of para-hydroxylation sites is 1. The molecule has 1 aliphatic heterocycles. The molecule has 1 aromatic carbocycles. The molecular weight excluding hydrogens is 351 g/mol. The number of halogens is 1. The average Bonchev–Trinajstić information content (AvgIpc) is 3.04. The SMILES string of the molecule is CC[C@@H](C)N1C(=O)S/C(=C/c2cc(C)n(-c3ccccc3F)c2C)C1=O. The van der Waals surface area contributed by atoms with E-state index < -0.39 is 0 Å². The molecule has 2 aromatic rings. The maximum absolute atomic E-state index is 14.2. The number of benzene rings is 1. The van der Waals surface area contributed by atoms with Gasteiger partial charge in [0.05, 0.1) is 10.6 Å². The lowest BCUT2D eigenvalue weighted by atomic mass is 10.2. The molecule has 4 nitrogen and oxygen atoms in total. The molecule has 2 amide bonds. The number of amides is 2. The maximum atomic E-state index is 14.2. The van der Waals surface area contributed by atoms with Gasteiger partial charge >= 0.3 is 0 Å². The Labute approximate surface area is 156 Å². The molecule has 0 N–H and O–H groups in total. The van der Waals surface area contributed by atoms with E-state index in [2.05, 4.69) is 0 Å². The number of hydrogen-bond donors (Lipinski definition) is 0. The molecule has 1 atom stereocenters. The van der Waals surface area contributed by atoms with E-state index in [0.717, 1.165) is 28.7 Å². The number of imide groups is 1. The number of aryl methyl sites for hydroxylation is 1. The minimum absolute atomic E-state index is 0.126. The van der Waals surface area contributed by atoms with Crippen LogP contribution in [0.4, 0.5) is 9.18 Å². The van der Waals surface area contributed by atoms with E-state index in [0.29, 0.717) is 17.0 Å². The number of aromatic nitrogens is 1. The zero-order valence-corrected chi connectivity index (χ0v) is 16.1. The lowest BCUT2D eigenvalue weighted by molar-refractivity contribution is -0.124. The van der Waals surface area contributed by atoms with E-state index in [9.17, 15) is 14.0 Å². The Morgan fingerprint density at radius 2 is 1.92 bits per heavy atom. The number of carbonyl (C=O) groups excluding carboxylic acids is 2. The van der Waals surface area contributed by atoms with Gasteiger partial charge in [-0.15, -0.1) is 0 Å². The van der Waals surface area contributed by atoms with Crippen molar-refractivity contribution in [2.24, 2.45) is 0 Å². The Bertz CT molecular complexity index is 917. The maximum Gasteiger partial charge on any atom is 0.293 e. The molecule has 0 bridgehead atoms. The lowest BCUT2D eigenvalue weighted by Gasteiger charge is -2.19. The first-order valence-electron chi connectivity index (χ1n) is 8.56. The molecule has 0 radical (unpaired) electrons. The van der Waals surface area contributed by atoms with Crippen molar-refractivity contribution in [3.05, 3.63) is 58.0 Å². The summed E-state index contributed by atoms with van der Waals surface area (Å²) in [4.78, 5) is 26.5. The molecule has 136 valence electrons. The van der Waals surface area contributed by atoms with E-state index in [1.165, 1.54) is 11.0 Å². The summed E-state index contributed by atoms with van der Waals surface area (Å²) in [5, 5.41) is -0.237. The van der Waals surface area contributed by atoms with E-state index in [1.54, 1.807) is 24.3 Å². The van der Waals surface area contributed by atoms with Crippen molar-refractivity contribution in [1.29, 1.82) is 0 Å². The van der Waals surface area contributed by atoms with Gasteiger partial charge in [-0.2, -0.15) is 0 Å². The van der Waals surface area contributed by atoms with Crippen LogP contribution >= 0.6 is 11.8 Å². The first-order chi connectivity index (χ1) is 12.3. The fourth-order valence-electron chi connectivity index (χ4n) is 3.12. The summed E-state index contributed by atoms with van der Waals surface area (Å²) in [5.74, 6) is -0.567. The molecule has 0 unspecified atom stereocenters. The average molecular weight is 372 g/mol. The van der Waals surface area contributed by atoms with Gasteiger partial charge in [0, 0.05) is 17.4 Å². The standard InChI is InChI=1S/C20H21FN2O2S/c1-5-12(2)23-19(24)18(26-20(23)25)11-15-10-13(3)22(14(15)4)17-9-7-6-8-16(17)21/h6-12H,5H2,1-4H3/b18-11+/t12-/m1/s1. The van der Waals surface area contributed by atoms with Crippen LogP contribution in [0.5, 0.6) is 0 Å². The van der Waals surface area contributed by atoms with Crippen LogP contribution in [-0.4, -0.2) is 26.7 Å². The highest BCUT2D eigenvalue weighted by Crippen LogP contribution is 2.35. The Kier molecular flexibility index (Phi) is 5.05. The van der Waals surface area contributed by atoms with Crippen LogP contribution in [0.3, 0.4) is 0 Å². The molecule has 1 aromatic heterocycles. The molecule has 1 aliphatic rings. The van der Waals surface area contributed by atoms with Gasteiger partial charge in [-0.3, -0.25) is 14.5 Å². The fourth-order valence-corrected chi connectivity index (χ4v) is 4.04. The highest BCUT2D eigenvalue weighted by Gasteiger charge is 2.37. The number of hydrogen-bond acceptors (Lipinski definition) is 3. The normalized spacial score (nSPS) is 17.4. The Hall–Kier alpha value is -2.34. The third-order valence-electron chi connectivity index (χ3n) is 4.71. The number of rotatable bonds is 4. The Balaban J connectivity index is 2.01. The van der Waals surface area contributed by atoms with E-state index >= 15 is 0 Å². The van der Waals surface area contributed by atoms with Gasteiger partial charge in [0.1, 0.15) is 5.82 Å². The number of carbonyl (C=O) groups is 2. The minimum Gasteiger partial charge on any atom is -0.315 e. The van der Waals surface area contributed by atoms with Gasteiger partial charge < -0.3 is 4.57 Å². The smallest absolute Gasteiger partial charge is 0.293 e. The van der Waals surface area contributed by atoms with Gasteiger partial charge in [0.15, 0.2) is 0 Å². The summed E-state index contributed by atoms with van der Waals surface area (Å²) in [5.41, 5.74) is 2.96. The minimum atomic E-state index is -0.307. The summed E-state index contributed by atoms with van der Waals surface area (Å²) in [6.07, 6.45) is 2.44. The van der Waals surface area contributed by atoms with Gasteiger partial charge in [-0.1, -0.05) is 19.1 Å². The van der Waals surface area contributed by atoms with Gasteiger partial charge in [-0.25, -0.2) is 4.39 Å². The number of thioether (sulfide) groups is 1. The predicted molar refractivity (Wildman–Crippen MR) is 103 cm³/mol. The topological polar surface area (TPSA) is 42.3 Å². The van der Waals surface area contributed by atoms with Crippen molar-refractivity contribution in [2.75, 3.05) is 0 Å². The zero-order valence-electron chi connectivity index (χ0n) is 15.2. The van der Waals surface area contributed by atoms with E-state index in [-0.39, 0.29) is 23.0 Å². The predicted octanol–water partition coefficient (Wildman–Crippen LogP) is 5.07. The third-order valence-corrected chi connectivity index (χ3v) is 5.59. The van der Waals surface area contributed by atoms with Gasteiger partial charge in [0.25, 0.3) is 11.1 Å². The first kappa shape index (κ1) is 18.5. The van der Waals surface area contributed by atoms with Crippen LogP contribution in [0, 0.1) is 19.7 Å². The molecule has 1 saturated heterocycles. The molecule has 26 heavy (non-hydrogen) atoms. The van der Waals surface area contributed by atoms with Crippen molar-refractivity contribution in [1.82, 2.24) is 9.47 Å². The monoisotopic (exact) mass is 372 g/mol. The first-order valence-corrected chi connectivity index (χ1v) is 9.37. The summed E-state index contributed by atoms with van der Waals surface area (Å²) >= 11 is 0.958. The largest absolute Gasteiger partial charge is 0.315 e. The molecular formula is C20H21FN2O2S. The van der Waals surface area contributed by atoms with Crippen molar-refractivity contribution in [3.63, 3.8) is 0 Å². The van der Waals surface area contributed by atoms with E-state index in [1.807, 2.05) is 38.3 Å². The van der Waals surface area contributed by atoms with Crippen LogP contribution < -0.4 is 0 Å². The molecule has 3 rings (SSSR count). The molecule has 1 fully saturated rings. The van der Waals surface area contributed by atoms with Crippen molar-refractivity contribution in [3.8, 4) is 5.69 Å². The van der Waals surface area contributed by atoms with Gasteiger partial charge in [0.2, 0.25) is 0 Å². The summed E-state index contributed by atoms with van der Waals surface area (Å²) in [6, 6.07) is 8.35. The van der Waals surface area contributed by atoms with Crippen LogP contribution in [0.25, 0.3) is 11.8 Å². The van der Waals surface area contributed by atoms with Crippen LogP contribution in [0.1, 0.15) is 37.2 Å². The number of nitrogens with zero attached hydrogens (tertiary/aromatic N) is 2. The van der Waals surface area contributed by atoms with Crippen LogP contribution in [0.15, 0.2) is 35.2 Å². The molecule has 0 aliphatic carbocycles. The second-order valence-electron chi connectivity index (χ2n) is 6.42. The second-order valence-corrected chi connectivity index (χ2v) is 7.42. The van der Waals surface area contributed by atoms with Crippen LogP contribution in [-0.2, 0) is 4.79 Å². The van der Waals surface area contributed by atoms with Crippen molar-refractivity contribution < 1.29 is 14.0 Å². The summed E-state index contributed by atoms with van der Waals surface area (Å²) < 4.78 is 16.0. The van der Waals surface area contributed by atoms with Crippen LogP contribution in [0.2, 0.25) is 0 Å². The lowest BCUT2D eigenvalue weighted by Crippen LogP contribution is -2.36. The highest BCUT2D eigenvalue weighted by atomic mass is 32.2. The fraction of sp³-hybridized carbons (Fsp3) is 0.300. The Morgan fingerprint density at radius 1 is 1.23 bits per heavy atom. The summed E-state index contributed by atoms with van der Waals surface area (Å²) in [7, 11) is 0. The van der Waals surface area contributed by atoms with Crippen molar-refractivity contribution in [2.45, 2.75) is 40.2 Å². The molecule has 6 heteroatoms. The second kappa shape index (κ2) is 7.11. The third kappa shape index (κ3) is 3.09. The molecule has 2 heterocycles. The summed E-state index contributed by atoms with van der Waals surface area (Å²) in [6.45, 7) is 7.58. The zero-order chi connectivity index (χ0) is 19.0. The van der Waals surface area contributed by atoms with Crippen molar-refractivity contribution >= 4 is 29.0 Å². The Morgan fingerprint density at radius 3 is 2.58 bits per heavy atom. The van der Waals surface area contributed by atoms with E-state index in [4.69, 9.17) is 0 Å². The highest BCUT2D eigenvalue weighted by molar-refractivity contribution is 8.18. The van der Waals surface area contributed by atoms with Gasteiger partial charge in [-0.05, 0) is 68.8 Å². The molecule has 0 saturated carbocycles. The molecule has 0 spiro atoms. The quantitative estimate of drug-likeness (QED) is 0.704.